The van der Waals surface area contributed by atoms with Crippen molar-refractivity contribution in [3.05, 3.63) is 52.7 Å². The standard InChI is InChI=1S/C12H6ClF4N3O/c13-9-4-10(19-5-18-9)20-11(21)7-3-6(12(15,16)17)1-2-8(7)14/h1-5H,(H,18,19,20,21). The van der Waals surface area contributed by atoms with Crippen molar-refractivity contribution < 1.29 is 22.4 Å². The van der Waals surface area contributed by atoms with Crippen molar-refractivity contribution in [3.8, 4) is 0 Å². The molecule has 1 aromatic carbocycles. The monoisotopic (exact) mass is 319 g/mol. The van der Waals surface area contributed by atoms with E-state index in [0.717, 1.165) is 6.33 Å². The van der Waals surface area contributed by atoms with Crippen molar-refractivity contribution in [2.75, 3.05) is 5.32 Å². The molecule has 0 radical (unpaired) electrons. The Balaban J connectivity index is 2.31. The van der Waals surface area contributed by atoms with E-state index in [4.69, 9.17) is 11.6 Å². The lowest BCUT2D eigenvalue weighted by Gasteiger charge is -2.10. The van der Waals surface area contributed by atoms with Crippen molar-refractivity contribution in [3.63, 3.8) is 0 Å². The Kier molecular flexibility index (Phi) is 4.08. The molecule has 0 spiro atoms. The van der Waals surface area contributed by atoms with Gasteiger partial charge in [0.05, 0.1) is 11.1 Å². The van der Waals surface area contributed by atoms with Gasteiger partial charge in [0.15, 0.2) is 0 Å². The van der Waals surface area contributed by atoms with E-state index in [2.05, 4.69) is 15.3 Å². The molecule has 0 atom stereocenters. The molecule has 0 fully saturated rings. The maximum absolute atomic E-state index is 13.5. The highest BCUT2D eigenvalue weighted by Crippen LogP contribution is 2.30. The summed E-state index contributed by atoms with van der Waals surface area (Å²) in [5.74, 6) is -2.22. The number of aromatic nitrogens is 2. The van der Waals surface area contributed by atoms with E-state index in [9.17, 15) is 22.4 Å². The van der Waals surface area contributed by atoms with Crippen molar-refractivity contribution >= 4 is 23.3 Å². The topological polar surface area (TPSA) is 54.9 Å². The fraction of sp³-hybridized carbons (Fsp3) is 0.0833. The molecule has 1 aromatic heterocycles. The van der Waals surface area contributed by atoms with Crippen LogP contribution in [0, 0.1) is 5.82 Å². The van der Waals surface area contributed by atoms with Crippen molar-refractivity contribution in [2.45, 2.75) is 6.18 Å². The number of hydrogen-bond acceptors (Lipinski definition) is 3. The van der Waals surface area contributed by atoms with Crippen LogP contribution in [0.25, 0.3) is 0 Å². The average Bonchev–Trinajstić information content (AvgIpc) is 2.37. The van der Waals surface area contributed by atoms with Gasteiger partial charge in [0.1, 0.15) is 23.1 Å². The highest BCUT2D eigenvalue weighted by atomic mass is 35.5. The molecule has 1 N–H and O–H groups in total. The summed E-state index contributed by atoms with van der Waals surface area (Å²) in [6.45, 7) is 0. The largest absolute Gasteiger partial charge is 0.416 e. The first-order chi connectivity index (χ1) is 9.77. The second kappa shape index (κ2) is 5.65. The summed E-state index contributed by atoms with van der Waals surface area (Å²) in [6, 6.07) is 2.72. The predicted molar refractivity (Wildman–Crippen MR) is 66.4 cm³/mol. The molecule has 21 heavy (non-hydrogen) atoms. The third-order valence-electron chi connectivity index (χ3n) is 2.41. The first-order valence-electron chi connectivity index (χ1n) is 5.43. The van der Waals surface area contributed by atoms with Crippen molar-refractivity contribution in [1.82, 2.24) is 9.97 Å². The van der Waals surface area contributed by atoms with Gasteiger partial charge in [-0.1, -0.05) is 11.6 Å². The van der Waals surface area contributed by atoms with Crippen LogP contribution in [0.2, 0.25) is 5.15 Å². The lowest BCUT2D eigenvalue weighted by Crippen LogP contribution is -2.16. The number of nitrogens with one attached hydrogen (secondary N) is 1. The molecule has 0 saturated carbocycles. The number of benzene rings is 1. The summed E-state index contributed by atoms with van der Waals surface area (Å²) in [7, 11) is 0. The van der Waals surface area contributed by atoms with E-state index in [0.29, 0.717) is 18.2 Å². The van der Waals surface area contributed by atoms with Crippen LogP contribution < -0.4 is 5.32 Å². The molecular formula is C12H6ClF4N3O. The smallest absolute Gasteiger partial charge is 0.306 e. The molecule has 0 aliphatic rings. The van der Waals surface area contributed by atoms with Gasteiger partial charge >= 0.3 is 6.18 Å². The first kappa shape index (κ1) is 15.2. The molecule has 2 rings (SSSR count). The van der Waals surface area contributed by atoms with Crippen LogP contribution in [-0.4, -0.2) is 15.9 Å². The third kappa shape index (κ3) is 3.66. The second-order valence-corrected chi connectivity index (χ2v) is 4.26. The van der Waals surface area contributed by atoms with Gasteiger partial charge in [-0.05, 0) is 18.2 Å². The molecule has 0 aliphatic heterocycles. The Labute approximate surface area is 120 Å². The van der Waals surface area contributed by atoms with Gasteiger partial charge in [-0.15, -0.1) is 0 Å². The van der Waals surface area contributed by atoms with Gasteiger partial charge in [0, 0.05) is 6.07 Å². The van der Waals surface area contributed by atoms with Gasteiger partial charge in [-0.2, -0.15) is 13.2 Å². The number of amides is 1. The van der Waals surface area contributed by atoms with E-state index in [1.54, 1.807) is 0 Å². The molecule has 110 valence electrons. The molecule has 9 heteroatoms. The van der Waals surface area contributed by atoms with Crippen LogP contribution in [0.1, 0.15) is 15.9 Å². The maximum atomic E-state index is 13.5. The zero-order valence-electron chi connectivity index (χ0n) is 10.1. The predicted octanol–water partition coefficient (Wildman–Crippen LogP) is 3.54. The Morgan fingerprint density at radius 1 is 1.19 bits per heavy atom. The van der Waals surface area contributed by atoms with E-state index >= 15 is 0 Å². The molecule has 0 aliphatic carbocycles. The van der Waals surface area contributed by atoms with Gasteiger partial charge in [0.2, 0.25) is 0 Å². The number of carbonyl (C=O) groups excluding carboxylic acids is 1. The van der Waals surface area contributed by atoms with Crippen molar-refractivity contribution in [1.29, 1.82) is 0 Å². The minimum atomic E-state index is -4.68. The Bertz CT molecular complexity index is 690. The number of nitrogens with zero attached hydrogens (tertiary/aromatic N) is 2. The Morgan fingerprint density at radius 2 is 1.90 bits per heavy atom. The number of alkyl halides is 3. The molecule has 0 saturated heterocycles. The zero-order valence-corrected chi connectivity index (χ0v) is 10.8. The lowest BCUT2D eigenvalue weighted by atomic mass is 10.1. The summed E-state index contributed by atoms with van der Waals surface area (Å²) in [6.07, 6.45) is -3.64. The molecule has 0 unspecified atom stereocenters. The van der Waals surface area contributed by atoms with Crippen molar-refractivity contribution in [2.24, 2.45) is 0 Å². The van der Waals surface area contributed by atoms with E-state index < -0.39 is 29.0 Å². The van der Waals surface area contributed by atoms with Crippen LogP contribution in [0.4, 0.5) is 23.4 Å². The summed E-state index contributed by atoms with van der Waals surface area (Å²) >= 11 is 5.57. The van der Waals surface area contributed by atoms with E-state index in [1.165, 1.54) is 6.07 Å². The zero-order chi connectivity index (χ0) is 15.6. The number of rotatable bonds is 2. The molecular weight excluding hydrogens is 314 g/mol. The van der Waals surface area contributed by atoms with E-state index in [1.807, 2.05) is 0 Å². The third-order valence-corrected chi connectivity index (χ3v) is 2.62. The summed E-state index contributed by atoms with van der Waals surface area (Å²) in [5, 5.41) is 2.16. The van der Waals surface area contributed by atoms with Gasteiger partial charge in [0.25, 0.3) is 5.91 Å². The van der Waals surface area contributed by atoms with Crippen LogP contribution in [0.15, 0.2) is 30.6 Å². The van der Waals surface area contributed by atoms with Gasteiger partial charge in [-0.25, -0.2) is 14.4 Å². The minimum absolute atomic E-state index is 0.0183. The number of halogens is 5. The normalized spacial score (nSPS) is 11.3. The second-order valence-electron chi connectivity index (χ2n) is 3.87. The highest BCUT2D eigenvalue weighted by Gasteiger charge is 2.32. The molecule has 2 aromatic rings. The number of hydrogen-bond donors (Lipinski definition) is 1. The van der Waals surface area contributed by atoms with E-state index in [-0.39, 0.29) is 11.0 Å². The maximum Gasteiger partial charge on any atom is 0.416 e. The van der Waals surface area contributed by atoms with Gasteiger partial charge < -0.3 is 5.32 Å². The molecule has 1 heterocycles. The fourth-order valence-electron chi connectivity index (χ4n) is 1.46. The molecule has 4 nitrogen and oxygen atoms in total. The minimum Gasteiger partial charge on any atom is -0.306 e. The fourth-order valence-corrected chi connectivity index (χ4v) is 1.61. The van der Waals surface area contributed by atoms with Crippen LogP contribution in [-0.2, 0) is 6.18 Å². The average molecular weight is 320 g/mol. The van der Waals surface area contributed by atoms with Crippen LogP contribution >= 0.6 is 11.6 Å². The van der Waals surface area contributed by atoms with Crippen LogP contribution in [0.3, 0.4) is 0 Å². The number of carbonyl (C=O) groups is 1. The SMILES string of the molecule is O=C(Nc1cc(Cl)ncn1)c1cc(C(F)(F)F)ccc1F. The molecule has 1 amide bonds. The highest BCUT2D eigenvalue weighted by molar-refractivity contribution is 6.29. The van der Waals surface area contributed by atoms with Crippen LogP contribution in [0.5, 0.6) is 0 Å². The molecule has 0 bridgehead atoms. The summed E-state index contributed by atoms with van der Waals surface area (Å²) in [4.78, 5) is 19.0. The Morgan fingerprint density at radius 3 is 2.52 bits per heavy atom. The summed E-state index contributed by atoms with van der Waals surface area (Å²) < 4.78 is 51.2. The van der Waals surface area contributed by atoms with Gasteiger partial charge in [-0.3, -0.25) is 4.79 Å². The Hall–Kier alpha value is -2.22. The lowest BCUT2D eigenvalue weighted by molar-refractivity contribution is -0.137. The summed E-state index contributed by atoms with van der Waals surface area (Å²) in [5.41, 5.74) is -1.88. The quantitative estimate of drug-likeness (QED) is 0.680. The number of anilines is 1. The first-order valence-corrected chi connectivity index (χ1v) is 5.81.